The van der Waals surface area contributed by atoms with Crippen LogP contribution in [-0.4, -0.2) is 12.2 Å². The van der Waals surface area contributed by atoms with E-state index in [1.54, 1.807) is 0 Å². The largest absolute Gasteiger partial charge is 0.376 e. The monoisotopic (exact) mass is 146 g/mol. The lowest BCUT2D eigenvalue weighted by atomic mass is 10.3. The molecule has 0 spiro atoms. The van der Waals surface area contributed by atoms with E-state index in [0.717, 1.165) is 12.8 Å². The van der Waals surface area contributed by atoms with Gasteiger partial charge < -0.3 is 4.74 Å². The third kappa shape index (κ3) is 6.09. The lowest BCUT2D eigenvalue weighted by Gasteiger charge is -2.15. The minimum absolute atomic E-state index is 0. The molecule has 0 N–H and O–H groups in total. The fraction of sp³-hybridized carbons (Fsp3) is 1.00. The van der Waals surface area contributed by atoms with Crippen molar-refractivity contribution in [2.24, 2.45) is 0 Å². The fourth-order valence-electron chi connectivity index (χ4n) is 0.589. The Kier molecular flexibility index (Phi) is 8.92. The van der Waals surface area contributed by atoms with Crippen LogP contribution in [0.15, 0.2) is 0 Å². The average Bonchev–Trinajstić information content (AvgIpc) is 1.87. The van der Waals surface area contributed by atoms with Crippen LogP contribution in [-0.2, 0) is 4.74 Å². The van der Waals surface area contributed by atoms with E-state index < -0.39 is 0 Å². The predicted molar refractivity (Wildman–Crippen MR) is 47.3 cm³/mol. The van der Waals surface area contributed by atoms with Crippen LogP contribution in [0.25, 0.3) is 0 Å². The molecule has 2 unspecified atom stereocenters. The topological polar surface area (TPSA) is 9.23 Å². The summed E-state index contributed by atoms with van der Waals surface area (Å²) in [5.41, 5.74) is 0. The van der Waals surface area contributed by atoms with Crippen molar-refractivity contribution in [3.8, 4) is 0 Å². The van der Waals surface area contributed by atoms with Gasteiger partial charge >= 0.3 is 0 Å². The standard InChI is InChI=1S/C8H18O.CH4/c1-5-7(3)9-8(4)6-2;/h7-8H,5-6H2,1-4H3;1H4. The first-order valence-electron chi connectivity index (χ1n) is 3.86. The van der Waals surface area contributed by atoms with E-state index in [1.807, 2.05) is 0 Å². The zero-order chi connectivity index (χ0) is 7.28. The fourth-order valence-corrected chi connectivity index (χ4v) is 0.589. The van der Waals surface area contributed by atoms with Gasteiger partial charge in [0.15, 0.2) is 0 Å². The van der Waals surface area contributed by atoms with Crippen LogP contribution in [0.3, 0.4) is 0 Å². The van der Waals surface area contributed by atoms with E-state index >= 15 is 0 Å². The molecule has 0 aliphatic rings. The summed E-state index contributed by atoms with van der Waals surface area (Å²) in [6, 6.07) is 0. The van der Waals surface area contributed by atoms with Crippen LogP contribution >= 0.6 is 0 Å². The van der Waals surface area contributed by atoms with Gasteiger partial charge in [0.2, 0.25) is 0 Å². The van der Waals surface area contributed by atoms with Gasteiger partial charge in [-0.15, -0.1) is 0 Å². The molecule has 0 amide bonds. The third-order valence-electron chi connectivity index (χ3n) is 1.61. The van der Waals surface area contributed by atoms with E-state index in [0.29, 0.717) is 12.2 Å². The van der Waals surface area contributed by atoms with Gasteiger partial charge in [0.1, 0.15) is 0 Å². The molecule has 0 bridgehead atoms. The second kappa shape index (κ2) is 7.07. The summed E-state index contributed by atoms with van der Waals surface area (Å²) in [7, 11) is 0. The van der Waals surface area contributed by atoms with Crippen molar-refractivity contribution in [1.29, 1.82) is 0 Å². The van der Waals surface area contributed by atoms with Crippen LogP contribution in [0.2, 0.25) is 0 Å². The van der Waals surface area contributed by atoms with Gasteiger partial charge in [0.25, 0.3) is 0 Å². The van der Waals surface area contributed by atoms with Crippen molar-refractivity contribution in [1.82, 2.24) is 0 Å². The Hall–Kier alpha value is -0.0400. The molecule has 1 nitrogen and oxygen atoms in total. The zero-order valence-corrected chi connectivity index (χ0v) is 6.98. The SMILES string of the molecule is C.CCC(C)OC(C)CC. The Morgan fingerprint density at radius 1 is 1.00 bits per heavy atom. The molecule has 0 saturated carbocycles. The number of hydrogen-bond donors (Lipinski definition) is 0. The molecule has 2 atom stereocenters. The predicted octanol–water partition coefficient (Wildman–Crippen LogP) is 3.24. The maximum absolute atomic E-state index is 5.55. The first kappa shape index (κ1) is 12.6. The molecule has 0 aliphatic carbocycles. The lowest BCUT2D eigenvalue weighted by Crippen LogP contribution is -2.14. The van der Waals surface area contributed by atoms with Crippen molar-refractivity contribution < 1.29 is 4.74 Å². The molecule has 0 rings (SSSR count). The summed E-state index contributed by atoms with van der Waals surface area (Å²) < 4.78 is 5.55. The zero-order valence-electron chi connectivity index (χ0n) is 6.98. The highest BCUT2D eigenvalue weighted by Crippen LogP contribution is 2.03. The molecule has 0 heterocycles. The molecule has 0 saturated heterocycles. The summed E-state index contributed by atoms with van der Waals surface area (Å²) in [6.45, 7) is 8.53. The molecular weight excluding hydrogens is 124 g/mol. The summed E-state index contributed by atoms with van der Waals surface area (Å²) in [6.07, 6.45) is 3.09. The van der Waals surface area contributed by atoms with Gasteiger partial charge in [-0.3, -0.25) is 0 Å². The molecular formula is C9H22O. The maximum Gasteiger partial charge on any atom is 0.0548 e. The van der Waals surface area contributed by atoms with Crippen LogP contribution in [0.1, 0.15) is 48.0 Å². The van der Waals surface area contributed by atoms with E-state index in [1.165, 1.54) is 0 Å². The quantitative estimate of drug-likeness (QED) is 0.591. The van der Waals surface area contributed by atoms with Crippen LogP contribution in [0.5, 0.6) is 0 Å². The Morgan fingerprint density at radius 3 is 1.50 bits per heavy atom. The molecule has 0 fully saturated rings. The van der Waals surface area contributed by atoms with Crippen LogP contribution in [0, 0.1) is 0 Å². The highest BCUT2D eigenvalue weighted by Gasteiger charge is 2.02. The Labute approximate surface area is 65.8 Å². The Morgan fingerprint density at radius 2 is 1.30 bits per heavy atom. The van der Waals surface area contributed by atoms with Gasteiger partial charge in [-0.25, -0.2) is 0 Å². The maximum atomic E-state index is 5.55. The first-order valence-corrected chi connectivity index (χ1v) is 3.86. The second-order valence-electron chi connectivity index (χ2n) is 2.57. The Balaban J connectivity index is 0. The smallest absolute Gasteiger partial charge is 0.0548 e. The molecule has 0 aromatic carbocycles. The molecule has 10 heavy (non-hydrogen) atoms. The van der Waals surface area contributed by atoms with E-state index in [9.17, 15) is 0 Å². The summed E-state index contributed by atoms with van der Waals surface area (Å²) in [5.74, 6) is 0. The van der Waals surface area contributed by atoms with Crippen molar-refractivity contribution in [3.05, 3.63) is 0 Å². The van der Waals surface area contributed by atoms with Crippen molar-refractivity contribution in [3.63, 3.8) is 0 Å². The van der Waals surface area contributed by atoms with Gasteiger partial charge in [-0.1, -0.05) is 21.3 Å². The lowest BCUT2D eigenvalue weighted by molar-refractivity contribution is 0.00511. The normalized spacial score (nSPS) is 15.6. The minimum atomic E-state index is 0. The van der Waals surface area contributed by atoms with Crippen molar-refractivity contribution in [2.75, 3.05) is 0 Å². The highest BCUT2D eigenvalue weighted by molar-refractivity contribution is 4.50. The minimum Gasteiger partial charge on any atom is -0.376 e. The second-order valence-corrected chi connectivity index (χ2v) is 2.57. The molecule has 64 valence electrons. The van der Waals surface area contributed by atoms with Crippen LogP contribution < -0.4 is 0 Å². The number of rotatable bonds is 4. The highest BCUT2D eigenvalue weighted by atomic mass is 16.5. The first-order chi connectivity index (χ1) is 4.20. The van der Waals surface area contributed by atoms with E-state index in [-0.39, 0.29) is 7.43 Å². The molecule has 0 aromatic heterocycles. The summed E-state index contributed by atoms with van der Waals surface area (Å²) >= 11 is 0. The third-order valence-corrected chi connectivity index (χ3v) is 1.61. The van der Waals surface area contributed by atoms with E-state index in [2.05, 4.69) is 27.7 Å². The van der Waals surface area contributed by atoms with Gasteiger partial charge in [0, 0.05) is 0 Å². The molecule has 0 aliphatic heterocycles. The van der Waals surface area contributed by atoms with Gasteiger partial charge in [-0.2, -0.15) is 0 Å². The number of ether oxygens (including phenoxy) is 1. The summed E-state index contributed by atoms with van der Waals surface area (Å²) in [4.78, 5) is 0. The average molecular weight is 146 g/mol. The van der Waals surface area contributed by atoms with Crippen LogP contribution in [0.4, 0.5) is 0 Å². The van der Waals surface area contributed by atoms with Gasteiger partial charge in [0.05, 0.1) is 12.2 Å². The molecule has 1 heteroatoms. The summed E-state index contributed by atoms with van der Waals surface area (Å²) in [5, 5.41) is 0. The van der Waals surface area contributed by atoms with Crippen molar-refractivity contribution in [2.45, 2.75) is 60.2 Å². The van der Waals surface area contributed by atoms with E-state index in [4.69, 9.17) is 4.74 Å². The molecule has 0 aromatic rings. The van der Waals surface area contributed by atoms with Gasteiger partial charge in [-0.05, 0) is 26.7 Å². The van der Waals surface area contributed by atoms with Crippen molar-refractivity contribution >= 4 is 0 Å². The Bertz CT molecular complexity index is 53.7. The number of hydrogen-bond acceptors (Lipinski definition) is 1. The molecule has 0 radical (unpaired) electrons.